The van der Waals surface area contributed by atoms with Crippen molar-refractivity contribution in [2.24, 2.45) is 0 Å². The second kappa shape index (κ2) is 13.7. The maximum absolute atomic E-state index is 17.4. The molecule has 0 radical (unpaired) electrons. The van der Waals surface area contributed by atoms with Crippen molar-refractivity contribution in [1.82, 2.24) is 19.9 Å². The third-order valence-electron chi connectivity index (χ3n) is 10.6. The van der Waals surface area contributed by atoms with E-state index in [0.29, 0.717) is 24.3 Å². The Balaban J connectivity index is 1.39. The Morgan fingerprint density at radius 3 is 2.68 bits per heavy atom. The standard InChI is InChI=1S/C36H30F8N8O3S/c1-15(19-9-17(55-33(40)41)12-48-30(19)46)52-7-8-53-28-24-27(49-34(50-32(24)52)54-14-35-5-2-6-51(35)13-16(37)10-35)26(39)23(25(28)36(42,43)44)18-3-4-21(38)29-22(18)20(11-45)31(47)56-29/h3-4,9,12,15-16,33H,2,5-8,10,13-14,47H2,1H3,(H2,46,48)/t15-,16-,35+/m1/s1. The van der Waals surface area contributed by atoms with Crippen LogP contribution in [0.4, 0.5) is 51.8 Å². The first kappa shape index (κ1) is 37.5. The number of ether oxygens (including phenoxy) is 3. The fourth-order valence-corrected chi connectivity index (χ4v) is 9.18. The van der Waals surface area contributed by atoms with Crippen molar-refractivity contribution in [3.63, 3.8) is 0 Å². The highest BCUT2D eigenvalue weighted by Crippen LogP contribution is 2.54. The van der Waals surface area contributed by atoms with Crippen LogP contribution < -0.4 is 30.6 Å². The fourth-order valence-electron chi connectivity index (χ4n) is 8.23. The number of hydrogen-bond acceptors (Lipinski definition) is 12. The highest BCUT2D eigenvalue weighted by atomic mass is 32.1. The van der Waals surface area contributed by atoms with Gasteiger partial charge in [0.25, 0.3) is 0 Å². The lowest BCUT2D eigenvalue weighted by molar-refractivity contribution is -0.138. The van der Waals surface area contributed by atoms with Gasteiger partial charge in [-0.2, -0.15) is 37.2 Å². The Bertz CT molecular complexity index is 2440. The maximum atomic E-state index is 17.4. The van der Waals surface area contributed by atoms with Crippen LogP contribution in [0.25, 0.3) is 32.1 Å². The summed E-state index contributed by atoms with van der Waals surface area (Å²) >= 11 is 0.620. The normalized spacial score (nSPS) is 20.3. The Hall–Kier alpha value is -5.42. The molecule has 0 spiro atoms. The summed E-state index contributed by atoms with van der Waals surface area (Å²) in [4.78, 5) is 16.1. The quantitative estimate of drug-likeness (QED) is 0.148. The minimum absolute atomic E-state index is 0.113. The van der Waals surface area contributed by atoms with Gasteiger partial charge in [0, 0.05) is 29.5 Å². The lowest BCUT2D eigenvalue weighted by atomic mass is 9.91. The first-order chi connectivity index (χ1) is 26.6. The number of rotatable bonds is 8. The van der Waals surface area contributed by atoms with Crippen molar-refractivity contribution in [1.29, 1.82) is 5.26 Å². The van der Waals surface area contributed by atoms with Crippen LogP contribution in [-0.2, 0) is 6.18 Å². The maximum Gasteiger partial charge on any atom is 0.420 e. The molecule has 2 fully saturated rings. The van der Waals surface area contributed by atoms with Crippen LogP contribution in [0, 0.1) is 23.0 Å². The fraction of sp³-hybridized carbons (Fsp3) is 0.389. The van der Waals surface area contributed by atoms with Gasteiger partial charge in [0.05, 0.1) is 40.0 Å². The van der Waals surface area contributed by atoms with E-state index in [-0.39, 0.29) is 69.7 Å². The molecular formula is C36H30F8N8O3S. The van der Waals surface area contributed by atoms with E-state index in [2.05, 4.69) is 19.7 Å². The zero-order valence-corrected chi connectivity index (χ0v) is 30.0. The number of alkyl halides is 6. The number of pyridine rings is 1. The molecule has 0 bridgehead atoms. The Kier molecular flexibility index (Phi) is 9.14. The van der Waals surface area contributed by atoms with E-state index in [1.165, 1.54) is 11.0 Å². The number of halogens is 8. The number of thiophene rings is 1. The van der Waals surface area contributed by atoms with Crippen molar-refractivity contribution in [3.05, 3.63) is 52.7 Å². The van der Waals surface area contributed by atoms with E-state index in [4.69, 9.17) is 20.9 Å². The molecule has 5 aromatic rings. The lowest BCUT2D eigenvalue weighted by Gasteiger charge is -2.32. The number of nitrogens with two attached hydrogens (primary N) is 2. The van der Waals surface area contributed by atoms with Crippen LogP contribution in [0.3, 0.4) is 0 Å². The number of aromatic nitrogens is 3. The van der Waals surface area contributed by atoms with Crippen molar-refractivity contribution in [2.75, 3.05) is 49.2 Å². The monoisotopic (exact) mass is 806 g/mol. The summed E-state index contributed by atoms with van der Waals surface area (Å²) in [6, 6.07) is 3.29. The zero-order valence-electron chi connectivity index (χ0n) is 29.2. The van der Waals surface area contributed by atoms with Gasteiger partial charge in [-0.15, -0.1) is 11.3 Å². The summed E-state index contributed by atoms with van der Waals surface area (Å²) in [6.07, 6.45) is -3.99. The summed E-state index contributed by atoms with van der Waals surface area (Å²) in [6.45, 7) is -1.66. The third-order valence-corrected chi connectivity index (χ3v) is 11.7. The molecule has 3 aliphatic heterocycles. The van der Waals surface area contributed by atoms with Crippen molar-refractivity contribution in [2.45, 2.75) is 56.7 Å². The van der Waals surface area contributed by atoms with Crippen molar-refractivity contribution >= 4 is 49.0 Å². The molecule has 20 heteroatoms. The molecule has 4 N–H and O–H groups in total. The number of nitrogens with zero attached hydrogens (tertiary/aromatic N) is 6. The van der Waals surface area contributed by atoms with Gasteiger partial charge in [0.1, 0.15) is 70.5 Å². The van der Waals surface area contributed by atoms with Crippen molar-refractivity contribution < 1.29 is 49.3 Å². The van der Waals surface area contributed by atoms with Gasteiger partial charge >= 0.3 is 18.8 Å². The first-order valence-electron chi connectivity index (χ1n) is 17.3. The highest BCUT2D eigenvalue weighted by Gasteiger charge is 2.50. The predicted molar refractivity (Wildman–Crippen MR) is 189 cm³/mol. The topological polar surface area (TPSA) is 149 Å². The number of fused-ring (bicyclic) bond motifs is 2. The van der Waals surface area contributed by atoms with E-state index in [1.54, 1.807) is 13.0 Å². The number of anilines is 3. The molecule has 0 saturated carbocycles. The SMILES string of the molecule is C[C@H](c1cc(OC(F)F)cnc1N)N1CCOc2c(C(F)(F)F)c(-c3ccc(F)c4sc(N)c(C#N)c34)c(F)c3nc(OC[C@@]45CCCN4C[C@H](F)C5)nc1c23. The largest absolute Gasteiger partial charge is 0.490 e. The first-order valence-corrected chi connectivity index (χ1v) is 18.1. The van der Waals surface area contributed by atoms with Crippen LogP contribution in [0.1, 0.15) is 48.9 Å². The van der Waals surface area contributed by atoms with E-state index in [1.807, 2.05) is 4.90 Å². The van der Waals surface area contributed by atoms with Crippen LogP contribution in [0.15, 0.2) is 24.4 Å². The molecule has 11 nitrogen and oxygen atoms in total. The summed E-state index contributed by atoms with van der Waals surface area (Å²) in [5.74, 6) is -4.06. The van der Waals surface area contributed by atoms with E-state index < -0.39 is 88.1 Å². The summed E-state index contributed by atoms with van der Waals surface area (Å²) < 4.78 is 136. The molecule has 2 saturated heterocycles. The zero-order chi connectivity index (χ0) is 39.8. The van der Waals surface area contributed by atoms with Crippen LogP contribution >= 0.6 is 11.3 Å². The molecule has 3 atom stereocenters. The van der Waals surface area contributed by atoms with Crippen molar-refractivity contribution in [3.8, 4) is 34.7 Å². The Morgan fingerprint density at radius 2 is 1.95 bits per heavy atom. The molecular weight excluding hydrogens is 776 g/mol. The molecule has 56 heavy (non-hydrogen) atoms. The van der Waals surface area contributed by atoms with E-state index >= 15 is 22.0 Å². The van der Waals surface area contributed by atoms with Gasteiger partial charge in [0.2, 0.25) is 0 Å². The van der Waals surface area contributed by atoms with Crippen LogP contribution in [-0.4, -0.2) is 71.0 Å². The predicted octanol–water partition coefficient (Wildman–Crippen LogP) is 7.76. The Morgan fingerprint density at radius 1 is 1.16 bits per heavy atom. The number of hydrogen-bond donors (Lipinski definition) is 2. The molecule has 8 rings (SSSR count). The van der Waals surface area contributed by atoms with Gasteiger partial charge in [-0.3, -0.25) is 4.90 Å². The minimum atomic E-state index is -5.33. The third kappa shape index (κ3) is 6.07. The average molecular weight is 807 g/mol. The van der Waals surface area contributed by atoms with E-state index in [9.17, 15) is 18.4 Å². The highest BCUT2D eigenvalue weighted by molar-refractivity contribution is 7.23. The Labute approximate surface area is 316 Å². The minimum Gasteiger partial charge on any atom is -0.490 e. The summed E-state index contributed by atoms with van der Waals surface area (Å²) in [5.41, 5.74) is 7.33. The van der Waals surface area contributed by atoms with Gasteiger partial charge in [0.15, 0.2) is 5.82 Å². The van der Waals surface area contributed by atoms with Crippen LogP contribution in [0.5, 0.6) is 17.5 Å². The lowest BCUT2D eigenvalue weighted by Crippen LogP contribution is -2.43. The van der Waals surface area contributed by atoms with Gasteiger partial charge < -0.3 is 30.6 Å². The molecule has 294 valence electrons. The second-order valence-electron chi connectivity index (χ2n) is 13.8. The molecule has 0 unspecified atom stereocenters. The number of benzene rings is 2. The molecule has 0 aliphatic carbocycles. The number of nitriles is 1. The average Bonchev–Trinajstić information content (AvgIpc) is 3.74. The van der Waals surface area contributed by atoms with Gasteiger partial charge in [-0.25, -0.2) is 18.2 Å². The molecule has 6 heterocycles. The molecule has 3 aliphatic rings. The second-order valence-corrected chi connectivity index (χ2v) is 14.9. The van der Waals surface area contributed by atoms with E-state index in [0.717, 1.165) is 24.8 Å². The number of nitrogen functional groups attached to an aromatic ring is 2. The molecule has 0 amide bonds. The van der Waals surface area contributed by atoms with Gasteiger partial charge in [-0.05, 0) is 44.0 Å². The summed E-state index contributed by atoms with van der Waals surface area (Å²) in [5, 5.41) is 8.88. The molecule has 2 aromatic carbocycles. The van der Waals surface area contributed by atoms with Crippen LogP contribution in [0.2, 0.25) is 0 Å². The molecule has 3 aromatic heterocycles. The smallest absolute Gasteiger partial charge is 0.420 e. The van der Waals surface area contributed by atoms with Gasteiger partial charge in [-0.1, -0.05) is 6.07 Å². The summed E-state index contributed by atoms with van der Waals surface area (Å²) in [7, 11) is 0.